The lowest BCUT2D eigenvalue weighted by atomic mass is 9.96. The lowest BCUT2D eigenvalue weighted by Crippen LogP contribution is -2.31. The van der Waals surface area contributed by atoms with E-state index in [2.05, 4.69) is 15.0 Å². The van der Waals surface area contributed by atoms with Crippen LogP contribution in [0.1, 0.15) is 132 Å². The Bertz CT molecular complexity index is 6230. The predicted octanol–water partition coefficient (Wildman–Crippen LogP) is 23.7. The number of likely N-dealkylation sites (tertiary alicyclic amines) is 3. The molecule has 3 saturated heterocycles. The van der Waals surface area contributed by atoms with Gasteiger partial charge in [-0.1, -0.05) is 80.2 Å². The van der Waals surface area contributed by atoms with Crippen molar-refractivity contribution in [2.45, 2.75) is 103 Å². The van der Waals surface area contributed by atoms with E-state index in [4.69, 9.17) is 30.5 Å². The second-order valence-corrected chi connectivity index (χ2v) is 34.3. The Hall–Kier alpha value is -15.3. The van der Waals surface area contributed by atoms with Gasteiger partial charge in [0.25, 0.3) is 17.7 Å². The fourth-order valence-electron chi connectivity index (χ4n) is 16.4. The molecule has 133 heavy (non-hydrogen) atoms. The van der Waals surface area contributed by atoms with Crippen molar-refractivity contribution in [2.24, 2.45) is 0 Å². The van der Waals surface area contributed by atoms with Gasteiger partial charge in [-0.05, 0) is 288 Å². The highest BCUT2D eigenvalue weighted by Gasteiger charge is 2.39. The van der Waals surface area contributed by atoms with Crippen molar-refractivity contribution in [3.05, 3.63) is 342 Å². The maximum absolute atomic E-state index is 14.3. The van der Waals surface area contributed by atoms with Gasteiger partial charge in [-0.3, -0.25) is 28.8 Å². The number of nitrogen functional groups attached to an aromatic ring is 3. The minimum absolute atomic E-state index is 0. The topological polar surface area (TPSA) is 268 Å². The standard InChI is InChI=1S/3C36H31F2N3O3.CH4/c3*1-36(38)16-17-41(22-36)35(43)26-6-4-24(5-7-26)27-18-28-19-31(14-13-30(42)12-2-23-3-15-33(39)40-21-23)44-34(28)32(20-27)25-8-10-29(37)11-9-25;/h3*2-12,15,18-21H,13-14,16-17,22H2,1H3,(H2,39,40);1H4/b3*12-2+;/t2*36-;;/m10../s1. The van der Waals surface area contributed by atoms with Gasteiger partial charge >= 0.3 is 0 Å². The van der Waals surface area contributed by atoms with Crippen LogP contribution in [0.25, 0.3) is 118 Å². The summed E-state index contributed by atoms with van der Waals surface area (Å²) in [6.45, 7) is 6.05. The van der Waals surface area contributed by atoms with E-state index in [1.807, 2.05) is 91.0 Å². The summed E-state index contributed by atoms with van der Waals surface area (Å²) in [5.74, 6) is 1.47. The first-order valence-corrected chi connectivity index (χ1v) is 43.4. The van der Waals surface area contributed by atoms with Crippen LogP contribution in [-0.2, 0) is 33.6 Å². The van der Waals surface area contributed by atoms with Crippen LogP contribution in [0.2, 0.25) is 0 Å². The van der Waals surface area contributed by atoms with Crippen molar-refractivity contribution < 1.29 is 68.4 Å². The van der Waals surface area contributed by atoms with Crippen molar-refractivity contribution in [3.63, 3.8) is 0 Å². The molecule has 18 rings (SSSR count). The van der Waals surface area contributed by atoms with Gasteiger partial charge in [-0.15, -0.1) is 0 Å². The molecule has 3 aliphatic rings. The molecule has 0 radical (unpaired) electrons. The van der Waals surface area contributed by atoms with Gasteiger partial charge in [0, 0.05) is 146 Å². The van der Waals surface area contributed by atoms with E-state index < -0.39 is 17.0 Å². The summed E-state index contributed by atoms with van der Waals surface area (Å²) in [6.07, 6.45) is 17.5. The number of ketones is 3. The van der Waals surface area contributed by atoms with Gasteiger partial charge in [-0.2, -0.15) is 0 Å². The number of pyridine rings is 3. The predicted molar refractivity (Wildman–Crippen MR) is 511 cm³/mol. The highest BCUT2D eigenvalue weighted by atomic mass is 19.2. The number of alkyl halides is 3. The number of carbonyl (C=O) groups is 6. The number of nitrogens with zero attached hydrogens (tertiary/aromatic N) is 6. The number of aryl methyl sites for hydroxylation is 3. The third-order valence-corrected chi connectivity index (χ3v) is 23.7. The van der Waals surface area contributed by atoms with Crippen molar-refractivity contribution >= 4 is 104 Å². The number of allylic oxidation sites excluding steroid dienone is 3. The van der Waals surface area contributed by atoms with Gasteiger partial charge < -0.3 is 45.2 Å². The number of halogens is 6. The molecular formula is C109H97F6N9O9. The number of nitrogens with two attached hydrogens (primary N) is 3. The Morgan fingerprint density at radius 2 is 0.586 bits per heavy atom. The van der Waals surface area contributed by atoms with Crippen molar-refractivity contribution in [1.82, 2.24) is 29.7 Å². The minimum Gasteiger partial charge on any atom is -0.460 e. The number of rotatable bonds is 24. The number of amides is 3. The molecule has 24 heteroatoms. The molecule has 674 valence electrons. The third-order valence-electron chi connectivity index (χ3n) is 23.7. The van der Waals surface area contributed by atoms with Gasteiger partial charge in [0.05, 0.1) is 19.6 Å². The molecule has 3 amide bonds. The Morgan fingerprint density at radius 3 is 0.812 bits per heavy atom. The largest absolute Gasteiger partial charge is 0.460 e. The Labute approximate surface area is 765 Å². The van der Waals surface area contributed by atoms with E-state index in [0.717, 1.165) is 99.6 Å². The maximum Gasteiger partial charge on any atom is 0.253 e. The zero-order valence-corrected chi connectivity index (χ0v) is 72.7. The van der Waals surface area contributed by atoms with Crippen LogP contribution in [0.3, 0.4) is 0 Å². The third kappa shape index (κ3) is 23.1. The molecule has 3 fully saturated rings. The average molecular weight is 1790 g/mol. The molecule has 0 spiro atoms. The monoisotopic (exact) mass is 1790 g/mol. The Morgan fingerprint density at radius 1 is 0.338 bits per heavy atom. The molecule has 1 unspecified atom stereocenters. The number of hydrogen-bond acceptors (Lipinski definition) is 15. The zero-order chi connectivity index (χ0) is 92.5. The van der Waals surface area contributed by atoms with Crippen LogP contribution < -0.4 is 17.2 Å². The number of benzene rings is 9. The zero-order valence-electron chi connectivity index (χ0n) is 72.7. The summed E-state index contributed by atoms with van der Waals surface area (Å²) in [5, 5.41) is 2.52. The van der Waals surface area contributed by atoms with Crippen LogP contribution in [0.5, 0.6) is 0 Å². The molecular weight excluding hydrogens is 1690 g/mol. The van der Waals surface area contributed by atoms with Gasteiger partial charge in [0.1, 0.15) is 85.9 Å². The first kappa shape index (κ1) is 92.4. The molecule has 0 bridgehead atoms. The number of fused-ring (bicyclic) bond motifs is 3. The van der Waals surface area contributed by atoms with E-state index >= 15 is 0 Å². The highest BCUT2D eigenvalue weighted by Crippen LogP contribution is 2.42. The molecule has 3 atom stereocenters. The van der Waals surface area contributed by atoms with Crippen molar-refractivity contribution in [3.8, 4) is 66.8 Å². The second-order valence-electron chi connectivity index (χ2n) is 34.3. The van der Waals surface area contributed by atoms with Crippen LogP contribution in [0.4, 0.5) is 43.8 Å². The number of hydrogen-bond donors (Lipinski definition) is 3. The van der Waals surface area contributed by atoms with E-state index in [1.54, 1.807) is 161 Å². The summed E-state index contributed by atoms with van der Waals surface area (Å²) in [6, 6.07) is 68.5. The summed E-state index contributed by atoms with van der Waals surface area (Å²) in [7, 11) is 0. The molecule has 18 nitrogen and oxygen atoms in total. The quantitative estimate of drug-likeness (QED) is 0.0375. The summed E-state index contributed by atoms with van der Waals surface area (Å²) in [4.78, 5) is 93.3. The second kappa shape index (κ2) is 40.0. The van der Waals surface area contributed by atoms with E-state index in [1.165, 1.54) is 75.4 Å². The number of furan rings is 3. The van der Waals surface area contributed by atoms with Crippen LogP contribution in [-0.4, -0.2) is 121 Å². The molecule has 0 aliphatic carbocycles. The number of carbonyl (C=O) groups excluding carboxylic acids is 6. The Balaban J connectivity index is 0.000000152. The highest BCUT2D eigenvalue weighted by molar-refractivity contribution is 6.03. The lowest BCUT2D eigenvalue weighted by molar-refractivity contribution is -0.115. The molecule has 15 aromatic rings. The summed E-state index contributed by atoms with van der Waals surface area (Å²) < 4.78 is 103. The molecule has 9 aromatic carbocycles. The van der Waals surface area contributed by atoms with E-state index in [-0.39, 0.29) is 98.8 Å². The van der Waals surface area contributed by atoms with Crippen LogP contribution in [0.15, 0.2) is 287 Å². The Kier molecular flexibility index (Phi) is 27.8. The van der Waals surface area contributed by atoms with E-state index in [0.29, 0.717) is 126 Å². The SMILES string of the molecule is C.CC1(F)CCN(C(=O)c2ccc(-c3cc(-c4ccc(F)cc4)c4oc(CCC(=O)/C=C/c5ccc(N)nc5)cc4c3)cc2)C1.C[C@@]1(F)CCN(C(=O)c2ccc(-c3cc(-c4ccc(F)cc4)c4oc(CCC(=O)/C=C/c5ccc(N)nc5)cc4c3)cc2)C1.C[C@]1(F)CCN(C(=O)c2ccc(-c3cc(-c4ccc(F)cc4)c4oc(CCC(=O)/C=C/c5ccc(N)nc5)cc4c3)cc2)C1. The molecule has 3 aliphatic heterocycles. The summed E-state index contributed by atoms with van der Waals surface area (Å²) >= 11 is 0. The van der Waals surface area contributed by atoms with Gasteiger partial charge in [0.2, 0.25) is 0 Å². The average Bonchev–Trinajstić information content (AvgIpc) is 1.61. The molecule has 6 N–H and O–H groups in total. The maximum atomic E-state index is 14.3. The minimum atomic E-state index is -1.36. The molecule has 9 heterocycles. The van der Waals surface area contributed by atoms with Gasteiger partial charge in [0.15, 0.2) is 17.3 Å². The molecule has 0 saturated carbocycles. The summed E-state index contributed by atoms with van der Waals surface area (Å²) in [5.41, 5.74) is 28.5. The normalized spacial score (nSPS) is 16.5. The molecule has 6 aromatic heterocycles. The fourth-order valence-corrected chi connectivity index (χ4v) is 16.4. The van der Waals surface area contributed by atoms with Gasteiger partial charge in [-0.25, -0.2) is 41.3 Å². The van der Waals surface area contributed by atoms with Crippen molar-refractivity contribution in [1.29, 1.82) is 0 Å². The number of aromatic nitrogens is 3. The van der Waals surface area contributed by atoms with Crippen LogP contribution >= 0.6 is 0 Å². The first-order chi connectivity index (χ1) is 63.4. The lowest BCUT2D eigenvalue weighted by Gasteiger charge is -2.17. The fraction of sp³-hybridized carbons (Fsp3) is 0.202. The van der Waals surface area contributed by atoms with Crippen molar-refractivity contribution in [2.75, 3.05) is 56.5 Å². The number of anilines is 3. The first-order valence-electron chi connectivity index (χ1n) is 43.4. The smallest absolute Gasteiger partial charge is 0.253 e. The van der Waals surface area contributed by atoms with Crippen LogP contribution in [0, 0.1) is 17.5 Å². The van der Waals surface area contributed by atoms with E-state index in [9.17, 15) is 55.1 Å².